The third-order valence-corrected chi connectivity index (χ3v) is 19.4. The van der Waals surface area contributed by atoms with Crippen molar-refractivity contribution in [3.05, 3.63) is 60.8 Å². The van der Waals surface area contributed by atoms with Crippen molar-refractivity contribution < 1.29 is 80.2 Å². The third-order valence-electron chi connectivity index (χ3n) is 17.5. The number of hydrogen-bond donors (Lipinski definition) is 3. The van der Waals surface area contributed by atoms with E-state index in [0.717, 1.165) is 141 Å². The molecule has 0 aromatic heterocycles. The number of phosphoric acid groups is 2. The molecular formula is C81H148O17P2. The van der Waals surface area contributed by atoms with Crippen LogP contribution in [0.15, 0.2) is 60.8 Å². The van der Waals surface area contributed by atoms with Crippen LogP contribution in [0.25, 0.3) is 0 Å². The predicted molar refractivity (Wildman–Crippen MR) is 409 cm³/mol. The van der Waals surface area contributed by atoms with Gasteiger partial charge in [0.15, 0.2) is 12.2 Å². The van der Waals surface area contributed by atoms with Crippen LogP contribution in [0.3, 0.4) is 0 Å². The summed E-state index contributed by atoms with van der Waals surface area (Å²) in [4.78, 5) is 73.0. The molecule has 0 heterocycles. The van der Waals surface area contributed by atoms with Crippen molar-refractivity contribution in [1.29, 1.82) is 0 Å². The summed E-state index contributed by atoms with van der Waals surface area (Å²) < 4.78 is 68.6. The Morgan fingerprint density at radius 1 is 0.280 bits per heavy atom. The number of carbonyl (C=O) groups is 4. The molecule has 0 aromatic carbocycles. The van der Waals surface area contributed by atoms with Crippen molar-refractivity contribution in [3.63, 3.8) is 0 Å². The van der Waals surface area contributed by atoms with Gasteiger partial charge in [-0.25, -0.2) is 9.13 Å². The molecule has 2 unspecified atom stereocenters. The van der Waals surface area contributed by atoms with E-state index in [1.807, 2.05) is 0 Å². The van der Waals surface area contributed by atoms with Gasteiger partial charge in [-0.1, -0.05) is 294 Å². The molecule has 3 N–H and O–H groups in total. The molecule has 0 radical (unpaired) electrons. The fourth-order valence-electron chi connectivity index (χ4n) is 11.2. The molecule has 0 aliphatic heterocycles. The molecule has 19 heteroatoms. The fourth-order valence-corrected chi connectivity index (χ4v) is 12.8. The van der Waals surface area contributed by atoms with E-state index < -0.39 is 97.5 Å². The van der Waals surface area contributed by atoms with E-state index in [4.69, 9.17) is 37.0 Å². The molecule has 17 nitrogen and oxygen atoms in total. The summed E-state index contributed by atoms with van der Waals surface area (Å²) in [5.74, 6) is -2.17. The summed E-state index contributed by atoms with van der Waals surface area (Å²) in [6.07, 6.45) is 73.3. The first kappa shape index (κ1) is 96.8. The summed E-state index contributed by atoms with van der Waals surface area (Å²) in [5, 5.41) is 10.6. The van der Waals surface area contributed by atoms with Gasteiger partial charge in [0.25, 0.3) is 0 Å². The van der Waals surface area contributed by atoms with Crippen LogP contribution in [0.1, 0.15) is 374 Å². The molecule has 0 saturated carbocycles. The minimum absolute atomic E-state index is 0.0822. The molecule has 0 aromatic rings. The number of ether oxygens (including phenoxy) is 4. The number of hydrogen-bond acceptors (Lipinski definition) is 15. The van der Waals surface area contributed by atoms with Gasteiger partial charge < -0.3 is 33.8 Å². The average molecular weight is 1460 g/mol. The van der Waals surface area contributed by atoms with Gasteiger partial charge in [0, 0.05) is 25.7 Å². The second-order valence-electron chi connectivity index (χ2n) is 27.4. The van der Waals surface area contributed by atoms with Crippen molar-refractivity contribution in [1.82, 2.24) is 0 Å². The van der Waals surface area contributed by atoms with E-state index in [-0.39, 0.29) is 25.7 Å². The van der Waals surface area contributed by atoms with Crippen LogP contribution in [0.4, 0.5) is 0 Å². The summed E-state index contributed by atoms with van der Waals surface area (Å²) in [7, 11) is -9.95. The van der Waals surface area contributed by atoms with E-state index >= 15 is 0 Å². The standard InChI is InChI=1S/C81H148O17P2/c1-5-9-13-17-21-25-29-33-37-41-45-49-53-57-61-65-78(83)91-71-76(97-80(85)67-63-59-55-51-47-43-39-35-31-27-23-19-15-11-7-3)73-95-99(87,88)93-69-75(82)70-94-100(89,90)96-74-77(98-81(86)68-64-60-56-52-48-44-40-36-32-28-24-20-16-12-8-4)72-92-79(84)66-62-58-54-50-46-42-38-34-30-26-22-18-14-10-6-2/h21,23-25,27-28,35-36,39-40,75-77,82H,5-20,22,26,29-34,37-38,41-74H2,1-4H3,(H,87,88)(H,89,90)/b25-21+,27-23+,28-24+,39-35-,40-36+/t75-,76+,77+/m0/s1. The minimum atomic E-state index is -4.97. The second kappa shape index (κ2) is 74.0. The number of aliphatic hydroxyl groups is 1. The Hall–Kier alpha value is -3.24. The highest BCUT2D eigenvalue weighted by Crippen LogP contribution is 2.45. The first-order valence-corrected chi connectivity index (χ1v) is 43.5. The SMILES string of the molecule is CCCCC/C=C/C/C=C\CCCCCCCC(=O)O[C@H](COC(=O)CCCCCCCCCC/C=C/CCCCC)COP(=O)(O)OC[C@H](O)COP(=O)(O)OC[C@@H](COC(=O)CCCCCCCCCCCCCCCCC)OC(=O)CCCCCCC/C=C/C/C=C/CCCCC. The van der Waals surface area contributed by atoms with Crippen molar-refractivity contribution in [3.8, 4) is 0 Å². The van der Waals surface area contributed by atoms with Crippen molar-refractivity contribution in [2.45, 2.75) is 393 Å². The van der Waals surface area contributed by atoms with Gasteiger partial charge in [0.2, 0.25) is 0 Å². The summed E-state index contributed by atoms with van der Waals surface area (Å²) in [6.45, 7) is 4.85. The normalized spacial score (nSPS) is 14.2. The van der Waals surface area contributed by atoms with E-state index in [1.165, 1.54) is 154 Å². The maximum absolute atomic E-state index is 13.1. The number of unbranched alkanes of at least 4 members (excludes halogenated alkanes) is 41. The lowest BCUT2D eigenvalue weighted by atomic mass is 10.0. The number of aliphatic hydroxyl groups excluding tert-OH is 1. The van der Waals surface area contributed by atoms with Crippen LogP contribution in [0.5, 0.6) is 0 Å². The number of carbonyl (C=O) groups excluding carboxylic acids is 4. The summed E-state index contributed by atoms with van der Waals surface area (Å²) in [5.41, 5.74) is 0. The molecule has 584 valence electrons. The van der Waals surface area contributed by atoms with Gasteiger partial charge in [-0.3, -0.25) is 37.3 Å². The lowest BCUT2D eigenvalue weighted by Gasteiger charge is -2.21. The van der Waals surface area contributed by atoms with Crippen LogP contribution >= 0.6 is 15.6 Å². The highest BCUT2D eigenvalue weighted by atomic mass is 31.2. The zero-order chi connectivity index (χ0) is 73.2. The number of allylic oxidation sites excluding steroid dienone is 10. The molecule has 100 heavy (non-hydrogen) atoms. The monoisotopic (exact) mass is 1460 g/mol. The van der Waals surface area contributed by atoms with Crippen LogP contribution in [-0.2, 0) is 65.4 Å². The van der Waals surface area contributed by atoms with Gasteiger partial charge >= 0.3 is 39.5 Å². The maximum Gasteiger partial charge on any atom is 0.472 e. The lowest BCUT2D eigenvalue weighted by molar-refractivity contribution is -0.161. The highest BCUT2D eigenvalue weighted by Gasteiger charge is 2.30. The van der Waals surface area contributed by atoms with Crippen molar-refractivity contribution in [2.75, 3.05) is 39.6 Å². The Labute approximate surface area is 610 Å². The highest BCUT2D eigenvalue weighted by molar-refractivity contribution is 7.47. The lowest BCUT2D eigenvalue weighted by Crippen LogP contribution is -2.30. The molecule has 0 aliphatic carbocycles. The number of esters is 4. The topological polar surface area (TPSA) is 237 Å². The van der Waals surface area contributed by atoms with E-state index in [9.17, 15) is 43.2 Å². The Morgan fingerprint density at radius 3 is 0.770 bits per heavy atom. The van der Waals surface area contributed by atoms with Gasteiger partial charge in [0.05, 0.1) is 26.4 Å². The van der Waals surface area contributed by atoms with E-state index in [0.29, 0.717) is 25.7 Å². The van der Waals surface area contributed by atoms with Crippen LogP contribution in [0.2, 0.25) is 0 Å². The van der Waals surface area contributed by atoms with Crippen LogP contribution in [-0.4, -0.2) is 96.7 Å². The summed E-state index contributed by atoms with van der Waals surface area (Å²) >= 11 is 0. The zero-order valence-electron chi connectivity index (χ0n) is 63.9. The molecule has 0 rings (SSSR count). The Morgan fingerprint density at radius 2 is 0.490 bits per heavy atom. The van der Waals surface area contributed by atoms with Crippen LogP contribution < -0.4 is 0 Å². The zero-order valence-corrected chi connectivity index (χ0v) is 65.7. The predicted octanol–water partition coefficient (Wildman–Crippen LogP) is 23.5. The first-order valence-electron chi connectivity index (χ1n) is 40.5. The Kier molecular flexibility index (Phi) is 71.6. The smallest absolute Gasteiger partial charge is 0.462 e. The molecule has 0 fully saturated rings. The molecule has 0 bridgehead atoms. The van der Waals surface area contributed by atoms with Crippen LogP contribution in [0, 0.1) is 0 Å². The molecular weight excluding hydrogens is 1310 g/mol. The maximum atomic E-state index is 13.1. The Bertz CT molecular complexity index is 2130. The quantitative estimate of drug-likeness (QED) is 0.0169. The minimum Gasteiger partial charge on any atom is -0.462 e. The van der Waals surface area contributed by atoms with Gasteiger partial charge in [-0.2, -0.15) is 0 Å². The molecule has 5 atom stereocenters. The largest absolute Gasteiger partial charge is 0.472 e. The van der Waals surface area contributed by atoms with E-state index in [2.05, 4.69) is 88.5 Å². The molecule has 0 spiro atoms. The van der Waals surface area contributed by atoms with Crippen molar-refractivity contribution >= 4 is 39.5 Å². The third kappa shape index (κ3) is 73.1. The van der Waals surface area contributed by atoms with Gasteiger partial charge in [-0.05, 0) is 116 Å². The van der Waals surface area contributed by atoms with Gasteiger partial charge in [0.1, 0.15) is 19.3 Å². The Balaban J connectivity index is 5.34. The molecule has 0 amide bonds. The summed E-state index contributed by atoms with van der Waals surface area (Å²) in [6, 6.07) is 0. The second-order valence-corrected chi connectivity index (χ2v) is 30.3. The molecule has 0 saturated heterocycles. The van der Waals surface area contributed by atoms with Crippen molar-refractivity contribution in [2.24, 2.45) is 0 Å². The number of rotatable bonds is 77. The van der Waals surface area contributed by atoms with E-state index in [1.54, 1.807) is 0 Å². The van der Waals surface area contributed by atoms with Gasteiger partial charge in [-0.15, -0.1) is 0 Å². The number of phosphoric ester groups is 2. The molecule has 0 aliphatic rings. The first-order chi connectivity index (χ1) is 48.7. The average Bonchev–Trinajstić information content (AvgIpc) is 1.25. The fraction of sp³-hybridized carbons (Fsp3) is 0.827.